The van der Waals surface area contributed by atoms with Crippen molar-refractivity contribution >= 4 is 28.3 Å². The summed E-state index contributed by atoms with van der Waals surface area (Å²) >= 11 is 0. The zero-order valence-corrected chi connectivity index (χ0v) is 18.0. The number of amides is 2. The first-order valence-electron chi connectivity index (χ1n) is 10.8. The van der Waals surface area contributed by atoms with Gasteiger partial charge < -0.3 is 14.8 Å². The fraction of sp³-hybridized carbons (Fsp3) is 0.500. The summed E-state index contributed by atoms with van der Waals surface area (Å²) in [5.41, 5.74) is 2.70. The number of rotatable bonds is 2. The summed E-state index contributed by atoms with van der Waals surface area (Å²) in [5.74, 6) is 0.118. The van der Waals surface area contributed by atoms with E-state index in [9.17, 15) is 14.0 Å². The Morgan fingerprint density at radius 2 is 1.83 bits per heavy atom. The Morgan fingerprint density at radius 1 is 1.10 bits per heavy atom. The number of hydrogen-bond acceptors (Lipinski definition) is 2. The number of halogens is 1. The molecule has 0 unspecified atom stereocenters. The summed E-state index contributed by atoms with van der Waals surface area (Å²) in [4.78, 5) is 32.4. The molecule has 5 nitrogen and oxygen atoms in total. The first-order chi connectivity index (χ1) is 14.2. The second-order valence-electron chi connectivity index (χ2n) is 9.47. The molecule has 0 saturated carbocycles. The minimum atomic E-state index is -0.376. The van der Waals surface area contributed by atoms with Crippen molar-refractivity contribution in [2.45, 2.75) is 40.0 Å². The summed E-state index contributed by atoms with van der Waals surface area (Å²) in [6, 6.07) is 4.80. The van der Waals surface area contributed by atoms with E-state index in [-0.39, 0.29) is 29.0 Å². The number of nitrogens with one attached hydrogen (secondary N) is 1. The van der Waals surface area contributed by atoms with Gasteiger partial charge in [0.2, 0.25) is 11.8 Å². The summed E-state index contributed by atoms with van der Waals surface area (Å²) < 4.78 is 13.4. The molecule has 160 valence electrons. The molecule has 2 aliphatic rings. The largest absolute Gasteiger partial charge is 0.360 e. The van der Waals surface area contributed by atoms with Gasteiger partial charge in [0.1, 0.15) is 5.82 Å². The smallest absolute Gasteiger partial charge is 0.227 e. The van der Waals surface area contributed by atoms with Crippen molar-refractivity contribution in [1.82, 2.24) is 14.8 Å². The van der Waals surface area contributed by atoms with Crippen LogP contribution >= 0.6 is 0 Å². The second kappa shape index (κ2) is 7.89. The van der Waals surface area contributed by atoms with Crippen LogP contribution in [-0.4, -0.2) is 52.8 Å². The standard InChI is InChI=1S/C24H30FN3O2/c1-24(2,3)23(30)28-12-8-17(9-13-28)22(29)27-10-6-16(7-11-27)20-15-26-21-14-18(25)4-5-19(20)21/h4-6,14-15,17,26H,7-13H2,1-3H3. The minimum Gasteiger partial charge on any atom is -0.360 e. The monoisotopic (exact) mass is 411 g/mol. The van der Waals surface area contributed by atoms with Gasteiger partial charge >= 0.3 is 0 Å². The third kappa shape index (κ3) is 4.00. The Morgan fingerprint density at radius 3 is 2.47 bits per heavy atom. The van der Waals surface area contributed by atoms with Crippen LogP contribution in [0.4, 0.5) is 4.39 Å². The van der Waals surface area contributed by atoms with Crippen molar-refractivity contribution in [3.05, 3.63) is 41.9 Å². The quantitative estimate of drug-likeness (QED) is 0.805. The number of carbonyl (C=O) groups is 2. The molecule has 4 rings (SSSR count). The highest BCUT2D eigenvalue weighted by molar-refractivity contribution is 5.93. The lowest BCUT2D eigenvalue weighted by atomic mass is 9.90. The van der Waals surface area contributed by atoms with Crippen LogP contribution in [0, 0.1) is 17.2 Å². The molecule has 1 saturated heterocycles. The number of carbonyl (C=O) groups excluding carboxylic acids is 2. The molecular formula is C24H30FN3O2. The van der Waals surface area contributed by atoms with Crippen LogP contribution < -0.4 is 0 Å². The van der Waals surface area contributed by atoms with Gasteiger partial charge in [-0.05, 0) is 43.0 Å². The molecule has 3 heterocycles. The highest BCUT2D eigenvalue weighted by Gasteiger charge is 2.34. The van der Waals surface area contributed by atoms with Crippen LogP contribution in [0.15, 0.2) is 30.5 Å². The van der Waals surface area contributed by atoms with E-state index >= 15 is 0 Å². The molecule has 6 heteroatoms. The van der Waals surface area contributed by atoms with E-state index in [0.717, 1.165) is 35.7 Å². The average Bonchev–Trinajstić information content (AvgIpc) is 3.15. The first kappa shape index (κ1) is 20.6. The number of aromatic nitrogens is 1. The van der Waals surface area contributed by atoms with Crippen molar-refractivity contribution in [3.8, 4) is 0 Å². The summed E-state index contributed by atoms with van der Waals surface area (Å²) in [7, 11) is 0. The number of likely N-dealkylation sites (tertiary alicyclic amines) is 1. The maximum atomic E-state index is 13.4. The van der Waals surface area contributed by atoms with Crippen molar-refractivity contribution in [2.75, 3.05) is 26.2 Å². The molecule has 0 spiro atoms. The fourth-order valence-corrected chi connectivity index (χ4v) is 4.54. The third-order valence-electron chi connectivity index (χ3n) is 6.28. The van der Waals surface area contributed by atoms with Crippen molar-refractivity contribution < 1.29 is 14.0 Å². The number of aromatic amines is 1. The molecular weight excluding hydrogens is 381 g/mol. The molecule has 30 heavy (non-hydrogen) atoms. The lowest BCUT2D eigenvalue weighted by Gasteiger charge is -2.37. The second-order valence-corrected chi connectivity index (χ2v) is 9.47. The molecule has 2 aromatic rings. The molecule has 1 aromatic carbocycles. The lowest BCUT2D eigenvalue weighted by molar-refractivity contribution is -0.144. The van der Waals surface area contributed by atoms with Gasteiger partial charge in [0.25, 0.3) is 0 Å². The van der Waals surface area contributed by atoms with Crippen molar-refractivity contribution in [3.63, 3.8) is 0 Å². The van der Waals surface area contributed by atoms with Crippen LogP contribution in [0.25, 0.3) is 16.5 Å². The molecule has 0 aliphatic carbocycles. The maximum absolute atomic E-state index is 13.4. The van der Waals surface area contributed by atoms with Crippen LogP contribution in [0.5, 0.6) is 0 Å². The highest BCUT2D eigenvalue weighted by atomic mass is 19.1. The zero-order chi connectivity index (χ0) is 21.5. The maximum Gasteiger partial charge on any atom is 0.227 e. The van der Waals surface area contributed by atoms with Crippen molar-refractivity contribution in [2.24, 2.45) is 11.3 Å². The predicted octanol–water partition coefficient (Wildman–Crippen LogP) is 4.21. The Hall–Kier alpha value is -2.63. The Labute approximate surface area is 176 Å². The molecule has 0 bridgehead atoms. The van der Waals surface area contributed by atoms with Gasteiger partial charge in [-0.3, -0.25) is 9.59 Å². The van der Waals surface area contributed by atoms with E-state index in [4.69, 9.17) is 0 Å². The topological polar surface area (TPSA) is 56.4 Å². The van der Waals surface area contributed by atoms with Gasteiger partial charge in [-0.15, -0.1) is 0 Å². The van der Waals surface area contributed by atoms with E-state index in [1.807, 2.05) is 42.8 Å². The number of hydrogen-bond donors (Lipinski definition) is 1. The number of fused-ring (bicyclic) bond motifs is 1. The summed E-state index contributed by atoms with van der Waals surface area (Å²) in [5, 5.41) is 1.01. The average molecular weight is 412 g/mol. The Bertz CT molecular complexity index is 994. The first-order valence-corrected chi connectivity index (χ1v) is 10.8. The van der Waals surface area contributed by atoms with Crippen molar-refractivity contribution in [1.29, 1.82) is 0 Å². The number of piperidine rings is 1. The number of H-pyrrole nitrogens is 1. The van der Waals surface area contributed by atoms with Crippen LogP contribution in [0.3, 0.4) is 0 Å². The zero-order valence-electron chi connectivity index (χ0n) is 18.0. The third-order valence-corrected chi connectivity index (χ3v) is 6.28. The van der Waals surface area contributed by atoms with E-state index < -0.39 is 0 Å². The summed E-state index contributed by atoms with van der Waals surface area (Å²) in [6.45, 7) is 8.43. The van der Waals surface area contributed by atoms with Crippen LogP contribution in [0.2, 0.25) is 0 Å². The minimum absolute atomic E-state index is 0.0000299. The van der Waals surface area contributed by atoms with Crippen LogP contribution in [-0.2, 0) is 9.59 Å². The number of nitrogens with zero attached hydrogens (tertiary/aromatic N) is 2. The molecule has 1 N–H and O–H groups in total. The number of benzene rings is 1. The van der Waals surface area contributed by atoms with E-state index in [0.29, 0.717) is 26.2 Å². The van der Waals surface area contributed by atoms with Gasteiger partial charge in [0.15, 0.2) is 0 Å². The molecule has 1 aromatic heterocycles. The fourth-order valence-electron chi connectivity index (χ4n) is 4.54. The van der Waals surface area contributed by atoms with E-state index in [2.05, 4.69) is 11.1 Å². The van der Waals surface area contributed by atoms with E-state index in [1.54, 1.807) is 0 Å². The van der Waals surface area contributed by atoms with Gasteiger partial charge in [-0.1, -0.05) is 26.8 Å². The van der Waals surface area contributed by atoms with Gasteiger partial charge in [0, 0.05) is 60.2 Å². The molecule has 0 atom stereocenters. The lowest BCUT2D eigenvalue weighted by Crippen LogP contribution is -2.47. The normalized spacial score (nSPS) is 18.6. The van der Waals surface area contributed by atoms with Gasteiger partial charge in [-0.2, -0.15) is 0 Å². The summed E-state index contributed by atoms with van der Waals surface area (Å²) in [6.07, 6.45) is 6.31. The highest BCUT2D eigenvalue weighted by Crippen LogP contribution is 2.31. The Kier molecular flexibility index (Phi) is 5.43. The Balaban J connectivity index is 1.37. The SMILES string of the molecule is CC(C)(C)C(=O)N1CCC(C(=O)N2CC=C(c3c[nH]c4cc(F)ccc34)CC2)CC1. The van der Waals surface area contributed by atoms with E-state index in [1.165, 1.54) is 17.7 Å². The predicted molar refractivity (Wildman–Crippen MR) is 116 cm³/mol. The molecule has 2 aliphatic heterocycles. The van der Waals surface area contributed by atoms with Gasteiger partial charge in [0.05, 0.1) is 0 Å². The molecule has 2 amide bonds. The van der Waals surface area contributed by atoms with Gasteiger partial charge in [-0.25, -0.2) is 4.39 Å². The van der Waals surface area contributed by atoms with Crippen LogP contribution in [0.1, 0.15) is 45.6 Å². The molecule has 1 fully saturated rings. The molecule has 0 radical (unpaired) electrons.